The highest BCUT2D eigenvalue weighted by Crippen LogP contribution is 2.27. The zero-order valence-corrected chi connectivity index (χ0v) is 13.3. The van der Waals surface area contributed by atoms with Crippen LogP contribution in [0.15, 0.2) is 59.2 Å². The SMILES string of the molecule is C=C(CC(=O)c1ccco1)C(F)(F)F.CNC(=O)c1ccccc1O. The molecule has 8 heteroatoms. The molecule has 2 N–H and O–H groups in total. The summed E-state index contributed by atoms with van der Waals surface area (Å²) >= 11 is 0. The molecule has 0 aliphatic heterocycles. The van der Waals surface area contributed by atoms with Gasteiger partial charge >= 0.3 is 6.18 Å². The third kappa shape index (κ3) is 6.17. The summed E-state index contributed by atoms with van der Waals surface area (Å²) in [4.78, 5) is 22.1. The number of aromatic hydroxyl groups is 1. The number of rotatable bonds is 4. The quantitative estimate of drug-likeness (QED) is 0.647. The minimum atomic E-state index is -4.53. The lowest BCUT2D eigenvalue weighted by Crippen LogP contribution is -2.17. The minimum Gasteiger partial charge on any atom is -0.507 e. The number of hydrogen-bond donors (Lipinski definition) is 2. The Kier molecular flexibility index (Phi) is 6.98. The minimum absolute atomic E-state index is 0.00634. The monoisotopic (exact) mass is 355 g/mol. The summed E-state index contributed by atoms with van der Waals surface area (Å²) in [6, 6.07) is 9.15. The van der Waals surface area contributed by atoms with Crippen LogP contribution in [-0.4, -0.2) is 30.0 Å². The molecule has 1 aromatic carbocycles. The van der Waals surface area contributed by atoms with E-state index in [2.05, 4.69) is 16.3 Å². The Hall–Kier alpha value is -3.03. The molecule has 0 atom stereocenters. The number of para-hydroxylation sites is 1. The molecule has 25 heavy (non-hydrogen) atoms. The lowest BCUT2D eigenvalue weighted by atomic mass is 10.1. The summed E-state index contributed by atoms with van der Waals surface area (Å²) in [5.41, 5.74) is -0.770. The highest BCUT2D eigenvalue weighted by Gasteiger charge is 2.33. The van der Waals surface area contributed by atoms with Gasteiger partial charge in [0.1, 0.15) is 5.75 Å². The molecular weight excluding hydrogens is 339 g/mol. The van der Waals surface area contributed by atoms with Crippen molar-refractivity contribution in [1.82, 2.24) is 5.32 Å². The summed E-state index contributed by atoms with van der Waals surface area (Å²) in [6.07, 6.45) is -4.07. The van der Waals surface area contributed by atoms with Gasteiger partial charge in [-0.05, 0) is 24.3 Å². The molecule has 0 aliphatic carbocycles. The van der Waals surface area contributed by atoms with Crippen LogP contribution in [0.2, 0.25) is 0 Å². The van der Waals surface area contributed by atoms with Gasteiger partial charge in [-0.1, -0.05) is 18.7 Å². The Morgan fingerprint density at radius 3 is 2.32 bits per heavy atom. The number of phenols is 1. The van der Waals surface area contributed by atoms with Crippen molar-refractivity contribution in [3.8, 4) is 5.75 Å². The van der Waals surface area contributed by atoms with Gasteiger partial charge in [0.15, 0.2) is 5.76 Å². The van der Waals surface area contributed by atoms with E-state index in [9.17, 15) is 22.8 Å². The molecule has 2 aromatic rings. The first-order valence-corrected chi connectivity index (χ1v) is 6.98. The maximum Gasteiger partial charge on any atom is 0.412 e. The van der Waals surface area contributed by atoms with Crippen molar-refractivity contribution in [3.63, 3.8) is 0 Å². The molecule has 0 spiro atoms. The molecule has 0 saturated carbocycles. The molecule has 0 aliphatic rings. The number of phenolic OH excluding ortho intramolecular Hbond substituents is 1. The van der Waals surface area contributed by atoms with Crippen molar-refractivity contribution in [2.75, 3.05) is 7.05 Å². The highest BCUT2D eigenvalue weighted by atomic mass is 19.4. The van der Waals surface area contributed by atoms with Crippen LogP contribution in [0.5, 0.6) is 5.75 Å². The van der Waals surface area contributed by atoms with Crippen molar-refractivity contribution >= 4 is 11.7 Å². The van der Waals surface area contributed by atoms with Gasteiger partial charge in [-0.3, -0.25) is 9.59 Å². The van der Waals surface area contributed by atoms with Crippen LogP contribution in [0.25, 0.3) is 0 Å². The number of carbonyl (C=O) groups excluding carboxylic acids is 2. The van der Waals surface area contributed by atoms with Gasteiger partial charge in [0, 0.05) is 19.0 Å². The fourth-order valence-corrected chi connectivity index (χ4v) is 1.62. The number of allylic oxidation sites excluding steroid dienone is 1. The van der Waals surface area contributed by atoms with Crippen LogP contribution >= 0.6 is 0 Å². The fraction of sp³-hybridized carbons (Fsp3) is 0.176. The van der Waals surface area contributed by atoms with E-state index in [0.717, 1.165) is 0 Å². The third-order valence-electron chi connectivity index (χ3n) is 2.95. The predicted molar refractivity (Wildman–Crippen MR) is 84.3 cm³/mol. The standard InChI is InChI=1S/C9H7F3O2.C8H9NO2/c1-6(9(10,11)12)5-7(13)8-3-2-4-14-8;1-9-8(11)6-4-2-3-5-7(6)10/h2-4H,1,5H2;2-5,10H,1H3,(H,9,11). The van der Waals surface area contributed by atoms with Gasteiger partial charge in [0.25, 0.3) is 5.91 Å². The lowest BCUT2D eigenvalue weighted by Gasteiger charge is -2.07. The van der Waals surface area contributed by atoms with Gasteiger partial charge in [0.05, 0.1) is 11.8 Å². The largest absolute Gasteiger partial charge is 0.507 e. The lowest BCUT2D eigenvalue weighted by molar-refractivity contribution is -0.0927. The summed E-state index contributed by atoms with van der Waals surface area (Å²) in [5.74, 6) is -1.08. The maximum atomic E-state index is 12.0. The van der Waals surface area contributed by atoms with Crippen molar-refractivity contribution in [1.29, 1.82) is 0 Å². The Labute approximate surface area is 141 Å². The average Bonchev–Trinajstić information content (AvgIpc) is 3.09. The van der Waals surface area contributed by atoms with Crippen LogP contribution < -0.4 is 5.32 Å². The molecule has 0 saturated heterocycles. The number of benzene rings is 1. The molecule has 2 rings (SSSR count). The normalized spacial score (nSPS) is 10.4. The first-order valence-electron chi connectivity index (χ1n) is 6.98. The third-order valence-corrected chi connectivity index (χ3v) is 2.95. The molecule has 0 bridgehead atoms. The second-order valence-corrected chi connectivity index (χ2v) is 4.77. The molecule has 5 nitrogen and oxygen atoms in total. The zero-order chi connectivity index (χ0) is 19.0. The number of Topliss-reactive ketones (excluding diaryl/α,β-unsaturated/α-hetero) is 1. The number of alkyl halides is 3. The second-order valence-electron chi connectivity index (χ2n) is 4.77. The van der Waals surface area contributed by atoms with Gasteiger partial charge < -0.3 is 14.8 Å². The Morgan fingerprint density at radius 2 is 1.84 bits per heavy atom. The topological polar surface area (TPSA) is 79.5 Å². The molecule has 134 valence electrons. The molecule has 0 unspecified atom stereocenters. The van der Waals surface area contributed by atoms with E-state index in [1.165, 1.54) is 31.5 Å². The number of nitrogens with one attached hydrogen (secondary N) is 1. The van der Waals surface area contributed by atoms with E-state index in [1.807, 2.05) is 0 Å². The van der Waals surface area contributed by atoms with Crippen LogP contribution in [0.4, 0.5) is 13.2 Å². The van der Waals surface area contributed by atoms with Gasteiger partial charge in [-0.25, -0.2) is 0 Å². The van der Waals surface area contributed by atoms with Crippen molar-refractivity contribution in [3.05, 3.63) is 66.1 Å². The van der Waals surface area contributed by atoms with Gasteiger partial charge in [-0.2, -0.15) is 13.2 Å². The Bertz CT molecular complexity index is 737. The van der Waals surface area contributed by atoms with Gasteiger partial charge in [0.2, 0.25) is 5.78 Å². The van der Waals surface area contributed by atoms with E-state index in [-0.39, 0.29) is 17.4 Å². The number of hydrogen-bond acceptors (Lipinski definition) is 4. The second kappa shape index (κ2) is 8.72. The van der Waals surface area contributed by atoms with Crippen LogP contribution in [0.1, 0.15) is 27.3 Å². The summed E-state index contributed by atoms with van der Waals surface area (Å²) in [6.45, 7) is 2.79. The van der Waals surface area contributed by atoms with Crippen LogP contribution in [-0.2, 0) is 0 Å². The van der Waals surface area contributed by atoms with Crippen molar-refractivity contribution in [2.24, 2.45) is 0 Å². The molecule has 1 amide bonds. The summed E-state index contributed by atoms with van der Waals surface area (Å²) < 4.78 is 40.6. The van der Waals surface area contributed by atoms with Crippen molar-refractivity contribution < 1.29 is 32.3 Å². The number of halogens is 3. The molecule has 1 heterocycles. The number of ketones is 1. The average molecular weight is 355 g/mol. The first-order chi connectivity index (χ1) is 11.7. The van der Waals surface area contributed by atoms with E-state index < -0.39 is 24.0 Å². The Balaban J connectivity index is 0.000000257. The molecule has 0 radical (unpaired) electrons. The zero-order valence-electron chi connectivity index (χ0n) is 13.3. The van der Waals surface area contributed by atoms with E-state index in [4.69, 9.17) is 5.11 Å². The molecule has 1 aromatic heterocycles. The number of furan rings is 1. The summed E-state index contributed by atoms with van der Waals surface area (Å²) in [5, 5.41) is 11.6. The van der Waals surface area contributed by atoms with Gasteiger partial charge in [-0.15, -0.1) is 0 Å². The van der Waals surface area contributed by atoms with Crippen LogP contribution in [0, 0.1) is 0 Å². The highest BCUT2D eigenvalue weighted by molar-refractivity contribution is 5.96. The molecule has 0 fully saturated rings. The smallest absolute Gasteiger partial charge is 0.412 e. The van der Waals surface area contributed by atoms with E-state index >= 15 is 0 Å². The van der Waals surface area contributed by atoms with E-state index in [0.29, 0.717) is 5.56 Å². The van der Waals surface area contributed by atoms with Crippen molar-refractivity contribution in [2.45, 2.75) is 12.6 Å². The fourth-order valence-electron chi connectivity index (χ4n) is 1.62. The summed E-state index contributed by atoms with van der Waals surface area (Å²) in [7, 11) is 1.52. The maximum absolute atomic E-state index is 12.0. The Morgan fingerprint density at radius 1 is 1.20 bits per heavy atom. The number of amides is 1. The van der Waals surface area contributed by atoms with Crippen LogP contribution in [0.3, 0.4) is 0 Å². The predicted octanol–water partition coefficient (Wildman–Crippen LogP) is 3.72. The number of carbonyl (C=O) groups is 2. The molecular formula is C17H16F3NO4. The first kappa shape index (κ1) is 20.0. The van der Waals surface area contributed by atoms with E-state index in [1.54, 1.807) is 18.2 Å².